The lowest BCUT2D eigenvalue weighted by molar-refractivity contribution is -0.136. The highest BCUT2D eigenvalue weighted by Crippen LogP contribution is 2.39. The molecule has 0 unspecified atom stereocenters. The van der Waals surface area contributed by atoms with Gasteiger partial charge in [0, 0.05) is 24.8 Å². The predicted molar refractivity (Wildman–Crippen MR) is 104 cm³/mol. The molecule has 6 heteroatoms. The summed E-state index contributed by atoms with van der Waals surface area (Å²) in [5, 5.41) is 8.85. The molecule has 146 valence electrons. The van der Waals surface area contributed by atoms with E-state index in [2.05, 4.69) is 16.8 Å². The van der Waals surface area contributed by atoms with Gasteiger partial charge in [-0.15, -0.1) is 5.92 Å². The summed E-state index contributed by atoms with van der Waals surface area (Å²) in [6.45, 7) is 5.90. The molecule has 0 aromatic heterocycles. The molecule has 0 atom stereocenters. The quantitative estimate of drug-likeness (QED) is 0.254. The third-order valence-electron chi connectivity index (χ3n) is 4.76. The lowest BCUT2D eigenvalue weighted by atomic mass is 9.88. The van der Waals surface area contributed by atoms with Crippen LogP contribution in [0.1, 0.15) is 65.7 Å². The number of fused-ring (bicyclic) bond motifs is 1. The number of carbonyl (C=O) groups is 2. The van der Waals surface area contributed by atoms with Gasteiger partial charge in [-0.2, -0.15) is 4.99 Å². The van der Waals surface area contributed by atoms with Gasteiger partial charge in [-0.3, -0.25) is 4.79 Å². The third-order valence-corrected chi connectivity index (χ3v) is 4.76. The lowest BCUT2D eigenvalue weighted by Gasteiger charge is -2.16. The van der Waals surface area contributed by atoms with Gasteiger partial charge in [0.15, 0.2) is 0 Å². The van der Waals surface area contributed by atoms with Crippen molar-refractivity contribution in [1.82, 2.24) is 0 Å². The fraction of sp³-hybridized carbons (Fsp3) is 0.409. The number of rotatable bonds is 7. The fourth-order valence-electron chi connectivity index (χ4n) is 3.23. The van der Waals surface area contributed by atoms with Crippen LogP contribution in [0.4, 0.5) is 5.69 Å². The van der Waals surface area contributed by atoms with E-state index in [0.29, 0.717) is 24.8 Å². The lowest BCUT2D eigenvalue weighted by Crippen LogP contribution is -2.05. The van der Waals surface area contributed by atoms with Crippen molar-refractivity contribution in [3.63, 3.8) is 0 Å². The Morgan fingerprint density at radius 3 is 2.68 bits per heavy atom. The van der Waals surface area contributed by atoms with E-state index in [4.69, 9.17) is 9.84 Å². The molecule has 0 amide bonds. The Morgan fingerprint density at radius 2 is 2.04 bits per heavy atom. The summed E-state index contributed by atoms with van der Waals surface area (Å²) < 4.78 is 5.17. The summed E-state index contributed by atoms with van der Waals surface area (Å²) in [6.07, 6.45) is 5.55. The molecule has 1 N–H and O–H groups in total. The van der Waals surface area contributed by atoms with Crippen LogP contribution in [-0.2, 0) is 33.8 Å². The Morgan fingerprint density at radius 1 is 1.29 bits per heavy atom. The van der Waals surface area contributed by atoms with Crippen LogP contribution in [0.3, 0.4) is 0 Å². The molecule has 0 saturated heterocycles. The zero-order chi connectivity index (χ0) is 20.7. The molecule has 1 heterocycles. The molecular weight excluding hydrogens is 358 g/mol. The van der Waals surface area contributed by atoms with Crippen molar-refractivity contribution in [1.29, 1.82) is 0 Å². The van der Waals surface area contributed by atoms with Crippen molar-refractivity contribution < 1.29 is 24.2 Å². The number of hydrogen-bond acceptors (Lipinski definition) is 5. The average molecular weight is 381 g/mol. The second kappa shape index (κ2) is 9.68. The van der Waals surface area contributed by atoms with Crippen LogP contribution in [0, 0.1) is 18.8 Å². The number of carboxylic acids is 1. The summed E-state index contributed by atoms with van der Waals surface area (Å²) in [5.41, 5.74) is 4.83. The largest absolute Gasteiger partial charge is 0.481 e. The van der Waals surface area contributed by atoms with Gasteiger partial charge < -0.3 is 9.84 Å². The van der Waals surface area contributed by atoms with Gasteiger partial charge in [0.2, 0.25) is 6.08 Å². The van der Waals surface area contributed by atoms with Crippen molar-refractivity contribution in [3.8, 4) is 11.8 Å². The van der Waals surface area contributed by atoms with Gasteiger partial charge in [0.1, 0.15) is 6.61 Å². The fourth-order valence-corrected chi connectivity index (χ4v) is 3.23. The summed E-state index contributed by atoms with van der Waals surface area (Å²) >= 11 is 0. The van der Waals surface area contributed by atoms with Crippen LogP contribution in [0.15, 0.2) is 16.6 Å². The highest BCUT2D eigenvalue weighted by Gasteiger charge is 2.31. The number of allylic oxidation sites excluding steroid dienone is 2. The minimum atomic E-state index is -0.856. The maximum absolute atomic E-state index is 12.2. The number of carbonyl (C=O) groups excluding carboxylic acids is 2. The van der Waals surface area contributed by atoms with Crippen molar-refractivity contribution in [2.75, 3.05) is 0 Å². The first-order valence-electron chi connectivity index (χ1n) is 9.15. The summed E-state index contributed by atoms with van der Waals surface area (Å²) in [6, 6.07) is 0. The molecule has 28 heavy (non-hydrogen) atoms. The minimum absolute atomic E-state index is 0.0477. The minimum Gasteiger partial charge on any atom is -0.481 e. The Labute approximate surface area is 164 Å². The Hall–Kier alpha value is -3.16. The molecule has 1 aromatic carbocycles. The highest BCUT2D eigenvalue weighted by molar-refractivity contribution is 6.00. The molecule has 1 aromatic rings. The highest BCUT2D eigenvalue weighted by atomic mass is 16.5. The second-order valence-electron chi connectivity index (χ2n) is 6.60. The number of esters is 1. The molecule has 0 saturated carbocycles. The molecular formula is C22H23NO5. The molecule has 1 aliphatic heterocycles. The van der Waals surface area contributed by atoms with Gasteiger partial charge in [-0.25, -0.2) is 9.59 Å². The summed E-state index contributed by atoms with van der Waals surface area (Å²) in [4.78, 5) is 37.9. The number of benzene rings is 1. The molecule has 6 nitrogen and oxygen atoms in total. The number of carboxylic acid groups (broad SMARTS) is 1. The van der Waals surface area contributed by atoms with Crippen LogP contribution in [0.5, 0.6) is 0 Å². The average Bonchev–Trinajstić information content (AvgIpc) is 3.04. The van der Waals surface area contributed by atoms with Gasteiger partial charge in [-0.05, 0) is 43.4 Å². The van der Waals surface area contributed by atoms with Crippen molar-refractivity contribution in [2.24, 2.45) is 4.99 Å². The zero-order valence-electron chi connectivity index (χ0n) is 16.3. The summed E-state index contributed by atoms with van der Waals surface area (Å²) in [7, 11) is 0. The van der Waals surface area contributed by atoms with E-state index in [1.807, 2.05) is 26.8 Å². The van der Waals surface area contributed by atoms with E-state index in [1.165, 1.54) is 0 Å². The van der Waals surface area contributed by atoms with Crippen molar-refractivity contribution in [3.05, 3.63) is 39.5 Å². The zero-order valence-corrected chi connectivity index (χ0v) is 16.3. The Bertz CT molecular complexity index is 940. The number of cyclic esters (lactones) is 1. The molecule has 0 bridgehead atoms. The van der Waals surface area contributed by atoms with Crippen LogP contribution in [0.25, 0.3) is 0 Å². The monoisotopic (exact) mass is 381 g/mol. The van der Waals surface area contributed by atoms with Crippen molar-refractivity contribution in [2.45, 2.75) is 59.5 Å². The van der Waals surface area contributed by atoms with E-state index in [9.17, 15) is 14.4 Å². The molecule has 0 aliphatic carbocycles. The van der Waals surface area contributed by atoms with E-state index in [1.54, 1.807) is 6.08 Å². The van der Waals surface area contributed by atoms with E-state index in [-0.39, 0.29) is 18.7 Å². The Balaban J connectivity index is 2.59. The first-order chi connectivity index (χ1) is 13.4. The standard InChI is InChI=1S/C22H23NO5/c1-4-5-6-7-16-15(3)18-12-28-22(27)20(18)21(23-13-24)17(16)10-8-14(2)9-11-19(25)26/h8H,4,7,9-12H2,1-3H3,(H,25,26). The number of ether oxygens (including phenoxy) is 1. The van der Waals surface area contributed by atoms with Crippen LogP contribution in [-0.4, -0.2) is 23.1 Å². The molecule has 0 spiro atoms. The number of nitrogens with zero attached hydrogens (tertiary/aromatic N) is 1. The van der Waals surface area contributed by atoms with Crippen molar-refractivity contribution >= 4 is 23.7 Å². The van der Waals surface area contributed by atoms with Gasteiger partial charge in [-0.1, -0.05) is 24.5 Å². The number of hydrogen-bond donors (Lipinski definition) is 1. The molecule has 0 radical (unpaired) electrons. The first-order valence-corrected chi connectivity index (χ1v) is 9.15. The maximum atomic E-state index is 12.2. The predicted octanol–water partition coefficient (Wildman–Crippen LogP) is 3.94. The number of aliphatic imine (C=N–C) groups is 1. The van der Waals surface area contributed by atoms with Gasteiger partial charge in [0.25, 0.3) is 0 Å². The number of aliphatic carboxylic acids is 1. The van der Waals surface area contributed by atoms with E-state index in [0.717, 1.165) is 34.2 Å². The van der Waals surface area contributed by atoms with Crippen LogP contribution >= 0.6 is 0 Å². The van der Waals surface area contributed by atoms with E-state index >= 15 is 0 Å². The summed E-state index contributed by atoms with van der Waals surface area (Å²) in [5.74, 6) is 4.81. The Kier molecular flexibility index (Phi) is 7.31. The number of isocyanates is 1. The SMILES string of the molecule is CCC#CCc1c(C)c2c(c(N=C=O)c1CC=C(C)CCC(=O)O)C(=O)OC2. The molecule has 0 fully saturated rings. The smallest absolute Gasteiger partial charge is 0.341 e. The second-order valence-corrected chi connectivity index (χ2v) is 6.60. The normalized spacial score (nSPS) is 12.5. The topological polar surface area (TPSA) is 93.0 Å². The molecule has 1 aliphatic rings. The first kappa shape index (κ1) is 21.1. The van der Waals surface area contributed by atoms with E-state index < -0.39 is 11.9 Å². The van der Waals surface area contributed by atoms with Crippen LogP contribution < -0.4 is 0 Å². The van der Waals surface area contributed by atoms with Gasteiger partial charge in [0.05, 0.1) is 11.3 Å². The van der Waals surface area contributed by atoms with Crippen LogP contribution in [0.2, 0.25) is 0 Å². The maximum Gasteiger partial charge on any atom is 0.341 e. The third kappa shape index (κ3) is 4.76. The molecule has 2 rings (SSSR count). The van der Waals surface area contributed by atoms with Gasteiger partial charge >= 0.3 is 11.9 Å².